The number of rotatable bonds is 7. The molecule has 5 heteroatoms. The Labute approximate surface area is 124 Å². The molecule has 0 aliphatic carbocycles. The number of imidazole rings is 1. The van der Waals surface area contributed by atoms with Gasteiger partial charge in [-0.3, -0.25) is 0 Å². The van der Waals surface area contributed by atoms with Crippen molar-refractivity contribution in [1.29, 1.82) is 0 Å². The molecule has 0 radical (unpaired) electrons. The Morgan fingerprint density at radius 2 is 2.30 bits per heavy atom. The molecule has 1 unspecified atom stereocenters. The normalized spacial score (nSPS) is 12.3. The molecule has 0 bridgehead atoms. The first-order valence-corrected chi connectivity index (χ1v) is 7.14. The Bertz CT molecular complexity index is 541. The predicted molar refractivity (Wildman–Crippen MR) is 81.3 cm³/mol. The molecule has 0 saturated carbocycles. The number of hydrogen-bond donors (Lipinski definition) is 1. The summed E-state index contributed by atoms with van der Waals surface area (Å²) < 4.78 is 7.84. The molecular formula is C15H20ClN3O. The van der Waals surface area contributed by atoms with E-state index in [9.17, 15) is 0 Å². The van der Waals surface area contributed by atoms with Crippen molar-refractivity contribution in [3.05, 3.63) is 47.5 Å². The maximum absolute atomic E-state index is 5.95. The summed E-state index contributed by atoms with van der Waals surface area (Å²) in [5, 5.41) is 4.11. The van der Waals surface area contributed by atoms with Crippen molar-refractivity contribution in [1.82, 2.24) is 14.9 Å². The monoisotopic (exact) mass is 293 g/mol. The molecule has 20 heavy (non-hydrogen) atoms. The van der Waals surface area contributed by atoms with Gasteiger partial charge in [0.25, 0.3) is 0 Å². The number of aryl methyl sites for hydroxylation is 1. The number of likely N-dealkylation sites (N-methyl/N-ethyl adjacent to an activating group) is 1. The minimum Gasteiger partial charge on any atom is -0.492 e. The van der Waals surface area contributed by atoms with E-state index in [1.54, 1.807) is 0 Å². The second-order valence-electron chi connectivity index (χ2n) is 4.68. The van der Waals surface area contributed by atoms with Gasteiger partial charge in [-0.2, -0.15) is 0 Å². The van der Waals surface area contributed by atoms with Gasteiger partial charge >= 0.3 is 0 Å². The molecule has 0 fully saturated rings. The Balaban J connectivity index is 1.94. The number of halogens is 1. The Morgan fingerprint density at radius 3 is 2.95 bits per heavy atom. The molecule has 1 aromatic carbocycles. The fourth-order valence-electron chi connectivity index (χ4n) is 2.05. The summed E-state index contributed by atoms with van der Waals surface area (Å²) in [6, 6.07) is 7.68. The molecule has 1 aromatic heterocycles. The van der Waals surface area contributed by atoms with Crippen molar-refractivity contribution in [2.45, 2.75) is 19.4 Å². The van der Waals surface area contributed by atoms with Crippen LogP contribution in [0.5, 0.6) is 5.75 Å². The first-order valence-electron chi connectivity index (χ1n) is 6.77. The van der Waals surface area contributed by atoms with Gasteiger partial charge < -0.3 is 14.6 Å². The third kappa shape index (κ3) is 4.25. The molecule has 2 rings (SSSR count). The maximum atomic E-state index is 5.95. The van der Waals surface area contributed by atoms with Crippen LogP contribution in [0.25, 0.3) is 0 Å². The molecule has 0 spiro atoms. The molecule has 1 N–H and O–H groups in total. The predicted octanol–water partition coefficient (Wildman–Crippen LogP) is 2.67. The van der Waals surface area contributed by atoms with Crippen LogP contribution in [0.4, 0.5) is 0 Å². The van der Waals surface area contributed by atoms with Gasteiger partial charge in [0, 0.05) is 36.9 Å². The summed E-state index contributed by atoms with van der Waals surface area (Å²) in [6.07, 6.45) is 4.60. The SMILES string of the molecule is CCNC(COc1cccc(Cl)c1)Cc1nccn1C. The van der Waals surface area contributed by atoms with Gasteiger partial charge in [0.2, 0.25) is 0 Å². The van der Waals surface area contributed by atoms with E-state index in [0.29, 0.717) is 11.6 Å². The third-order valence-electron chi connectivity index (χ3n) is 3.09. The van der Waals surface area contributed by atoms with E-state index in [2.05, 4.69) is 17.2 Å². The summed E-state index contributed by atoms with van der Waals surface area (Å²) in [5.74, 6) is 1.84. The van der Waals surface area contributed by atoms with Crippen LogP contribution in [0, 0.1) is 0 Å². The number of nitrogens with zero attached hydrogens (tertiary/aromatic N) is 2. The third-order valence-corrected chi connectivity index (χ3v) is 3.33. The highest BCUT2D eigenvalue weighted by Crippen LogP contribution is 2.17. The number of hydrogen-bond acceptors (Lipinski definition) is 3. The fourth-order valence-corrected chi connectivity index (χ4v) is 2.23. The van der Waals surface area contributed by atoms with E-state index < -0.39 is 0 Å². The average molecular weight is 294 g/mol. The van der Waals surface area contributed by atoms with Crippen LogP contribution in [0.15, 0.2) is 36.7 Å². The average Bonchev–Trinajstić information content (AvgIpc) is 2.82. The van der Waals surface area contributed by atoms with Crippen molar-refractivity contribution in [3.63, 3.8) is 0 Å². The van der Waals surface area contributed by atoms with Crippen LogP contribution in [-0.2, 0) is 13.5 Å². The Hall–Kier alpha value is -1.52. The quantitative estimate of drug-likeness (QED) is 0.853. The number of benzene rings is 1. The van der Waals surface area contributed by atoms with E-state index in [1.807, 2.05) is 48.3 Å². The number of aromatic nitrogens is 2. The van der Waals surface area contributed by atoms with Crippen LogP contribution < -0.4 is 10.1 Å². The lowest BCUT2D eigenvalue weighted by molar-refractivity contribution is 0.262. The van der Waals surface area contributed by atoms with Crippen molar-refractivity contribution in [2.75, 3.05) is 13.2 Å². The number of ether oxygens (including phenoxy) is 1. The Kier molecular flexibility index (Phi) is 5.44. The fraction of sp³-hybridized carbons (Fsp3) is 0.400. The van der Waals surface area contributed by atoms with E-state index in [4.69, 9.17) is 16.3 Å². The minimum atomic E-state index is 0.222. The highest BCUT2D eigenvalue weighted by Gasteiger charge is 2.12. The van der Waals surface area contributed by atoms with Crippen molar-refractivity contribution in [2.24, 2.45) is 7.05 Å². The second-order valence-corrected chi connectivity index (χ2v) is 5.12. The standard InChI is InChI=1S/C15H20ClN3O/c1-3-17-13(10-15-18-7-8-19(15)2)11-20-14-6-4-5-12(16)9-14/h4-9,13,17H,3,10-11H2,1-2H3. The first kappa shape index (κ1) is 14.9. The summed E-state index contributed by atoms with van der Waals surface area (Å²) in [5.41, 5.74) is 0. The smallest absolute Gasteiger partial charge is 0.120 e. The van der Waals surface area contributed by atoms with Gasteiger partial charge in [-0.1, -0.05) is 24.6 Å². The van der Waals surface area contributed by atoms with Gasteiger partial charge in [-0.05, 0) is 24.7 Å². The summed E-state index contributed by atoms with van der Waals surface area (Å²) in [4.78, 5) is 4.35. The molecule has 0 aliphatic heterocycles. The molecule has 0 saturated heterocycles. The molecule has 4 nitrogen and oxygen atoms in total. The lowest BCUT2D eigenvalue weighted by Crippen LogP contribution is -2.37. The summed E-state index contributed by atoms with van der Waals surface area (Å²) >= 11 is 5.95. The molecule has 1 atom stereocenters. The molecule has 0 amide bonds. The Morgan fingerprint density at radius 1 is 1.45 bits per heavy atom. The van der Waals surface area contributed by atoms with E-state index in [-0.39, 0.29) is 6.04 Å². The number of nitrogens with one attached hydrogen (secondary N) is 1. The van der Waals surface area contributed by atoms with E-state index in [0.717, 1.165) is 24.5 Å². The minimum absolute atomic E-state index is 0.222. The lowest BCUT2D eigenvalue weighted by Gasteiger charge is -2.18. The molecule has 0 aliphatic rings. The van der Waals surface area contributed by atoms with E-state index in [1.165, 1.54) is 0 Å². The highest BCUT2D eigenvalue weighted by molar-refractivity contribution is 6.30. The summed E-state index contributed by atoms with van der Waals surface area (Å²) in [7, 11) is 2.00. The zero-order chi connectivity index (χ0) is 14.4. The molecular weight excluding hydrogens is 274 g/mol. The largest absolute Gasteiger partial charge is 0.492 e. The van der Waals surface area contributed by atoms with Crippen LogP contribution >= 0.6 is 11.6 Å². The van der Waals surface area contributed by atoms with Gasteiger partial charge in [-0.25, -0.2) is 4.98 Å². The van der Waals surface area contributed by atoms with Crippen LogP contribution in [-0.4, -0.2) is 28.7 Å². The highest BCUT2D eigenvalue weighted by atomic mass is 35.5. The van der Waals surface area contributed by atoms with Gasteiger partial charge in [0.1, 0.15) is 18.2 Å². The van der Waals surface area contributed by atoms with E-state index >= 15 is 0 Å². The molecule has 108 valence electrons. The van der Waals surface area contributed by atoms with Gasteiger partial charge in [0.15, 0.2) is 0 Å². The first-order chi connectivity index (χ1) is 9.69. The second kappa shape index (κ2) is 7.31. The molecule has 1 heterocycles. The van der Waals surface area contributed by atoms with Gasteiger partial charge in [0.05, 0.1) is 0 Å². The lowest BCUT2D eigenvalue weighted by atomic mass is 10.2. The summed E-state index contributed by atoms with van der Waals surface area (Å²) in [6.45, 7) is 3.57. The van der Waals surface area contributed by atoms with Crippen molar-refractivity contribution >= 4 is 11.6 Å². The van der Waals surface area contributed by atoms with Gasteiger partial charge in [-0.15, -0.1) is 0 Å². The topological polar surface area (TPSA) is 39.1 Å². The van der Waals surface area contributed by atoms with Crippen LogP contribution in [0.1, 0.15) is 12.7 Å². The van der Waals surface area contributed by atoms with Crippen molar-refractivity contribution in [3.8, 4) is 5.75 Å². The van der Waals surface area contributed by atoms with Crippen molar-refractivity contribution < 1.29 is 4.74 Å². The van der Waals surface area contributed by atoms with Crippen LogP contribution in [0.3, 0.4) is 0 Å². The maximum Gasteiger partial charge on any atom is 0.120 e. The molecule has 2 aromatic rings. The van der Waals surface area contributed by atoms with Crippen LogP contribution in [0.2, 0.25) is 5.02 Å². The zero-order valence-electron chi connectivity index (χ0n) is 11.8. The zero-order valence-corrected chi connectivity index (χ0v) is 12.6.